The second-order valence-corrected chi connectivity index (χ2v) is 6.24. The minimum Gasteiger partial charge on any atom is -0.435 e. The van der Waals surface area contributed by atoms with Gasteiger partial charge in [-0.3, -0.25) is 9.79 Å². The maximum Gasteiger partial charge on any atom is 0.387 e. The van der Waals surface area contributed by atoms with E-state index in [4.69, 9.17) is 0 Å². The van der Waals surface area contributed by atoms with Gasteiger partial charge in [-0.15, -0.1) is 0 Å². The summed E-state index contributed by atoms with van der Waals surface area (Å²) in [6.07, 6.45) is 0. The van der Waals surface area contributed by atoms with E-state index in [0.717, 1.165) is 5.56 Å². The van der Waals surface area contributed by atoms with E-state index in [1.807, 2.05) is 25.8 Å². The van der Waals surface area contributed by atoms with Gasteiger partial charge in [0.05, 0.1) is 5.41 Å². The summed E-state index contributed by atoms with van der Waals surface area (Å²) in [5.41, 5.74) is 0.331. The van der Waals surface area contributed by atoms with Gasteiger partial charge >= 0.3 is 6.61 Å². The standard InChI is InChI=1S/C17H26F2N4O2/c1-17(2,14(24)20-3)11-22-16(21-4)23(5)10-12-6-8-13(9-7-12)25-15(18)19/h6-9,15H,10-11H2,1-5H3,(H,20,24)(H,21,22). The van der Waals surface area contributed by atoms with Crippen molar-refractivity contribution in [3.63, 3.8) is 0 Å². The minimum absolute atomic E-state index is 0.0623. The van der Waals surface area contributed by atoms with Crippen molar-refractivity contribution in [1.82, 2.24) is 15.5 Å². The van der Waals surface area contributed by atoms with Crippen LogP contribution in [0.5, 0.6) is 5.75 Å². The Kier molecular flexibility index (Phi) is 7.60. The van der Waals surface area contributed by atoms with Crippen molar-refractivity contribution in [1.29, 1.82) is 0 Å². The van der Waals surface area contributed by atoms with E-state index < -0.39 is 12.0 Å². The van der Waals surface area contributed by atoms with E-state index >= 15 is 0 Å². The van der Waals surface area contributed by atoms with Gasteiger partial charge in [0.2, 0.25) is 5.91 Å². The van der Waals surface area contributed by atoms with E-state index in [9.17, 15) is 13.6 Å². The summed E-state index contributed by atoms with van der Waals surface area (Å²) in [5, 5.41) is 5.81. The Hall–Kier alpha value is -2.38. The Balaban J connectivity index is 2.64. The maximum atomic E-state index is 12.2. The first-order valence-electron chi connectivity index (χ1n) is 7.87. The van der Waals surface area contributed by atoms with E-state index in [1.165, 1.54) is 12.1 Å². The maximum absolute atomic E-state index is 12.2. The first-order valence-corrected chi connectivity index (χ1v) is 7.87. The molecular weight excluding hydrogens is 330 g/mol. The first kappa shape index (κ1) is 20.7. The third-order valence-electron chi connectivity index (χ3n) is 3.67. The molecule has 0 saturated carbocycles. The van der Waals surface area contributed by atoms with Gasteiger partial charge in [-0.1, -0.05) is 12.1 Å². The number of nitrogens with one attached hydrogen (secondary N) is 2. The van der Waals surface area contributed by atoms with Crippen LogP contribution in [0.3, 0.4) is 0 Å². The molecule has 1 aromatic carbocycles. The molecule has 0 aliphatic carbocycles. The van der Waals surface area contributed by atoms with Gasteiger partial charge in [0.15, 0.2) is 5.96 Å². The Bertz CT molecular complexity index is 589. The van der Waals surface area contributed by atoms with E-state index in [2.05, 4.69) is 20.4 Å². The number of aliphatic imine (C=N–C) groups is 1. The summed E-state index contributed by atoms with van der Waals surface area (Å²) in [4.78, 5) is 17.9. The highest BCUT2D eigenvalue weighted by Gasteiger charge is 2.27. The first-order chi connectivity index (χ1) is 11.7. The molecule has 0 spiro atoms. The predicted octanol–water partition coefficient (Wildman–Crippen LogP) is 2.07. The zero-order chi connectivity index (χ0) is 19.0. The molecule has 1 aromatic rings. The van der Waals surface area contributed by atoms with Crippen LogP contribution in [0.25, 0.3) is 0 Å². The number of halogens is 2. The lowest BCUT2D eigenvalue weighted by molar-refractivity contribution is -0.128. The molecule has 8 heteroatoms. The van der Waals surface area contributed by atoms with E-state index in [0.29, 0.717) is 19.0 Å². The number of hydrogen-bond acceptors (Lipinski definition) is 3. The third-order valence-corrected chi connectivity index (χ3v) is 3.67. The van der Waals surface area contributed by atoms with Gasteiger partial charge in [0.1, 0.15) is 5.75 Å². The highest BCUT2D eigenvalue weighted by molar-refractivity contribution is 5.84. The molecule has 25 heavy (non-hydrogen) atoms. The van der Waals surface area contributed by atoms with E-state index in [1.54, 1.807) is 26.2 Å². The van der Waals surface area contributed by atoms with Gasteiger partial charge in [-0.05, 0) is 31.5 Å². The number of hydrogen-bond donors (Lipinski definition) is 2. The largest absolute Gasteiger partial charge is 0.435 e. The number of benzene rings is 1. The fourth-order valence-electron chi connectivity index (χ4n) is 2.23. The van der Waals surface area contributed by atoms with Crippen LogP contribution in [0.2, 0.25) is 0 Å². The van der Waals surface area contributed by atoms with Gasteiger partial charge in [0, 0.05) is 34.2 Å². The molecule has 0 heterocycles. The molecule has 0 aliphatic rings. The van der Waals surface area contributed by atoms with Crippen LogP contribution in [-0.4, -0.2) is 51.1 Å². The van der Waals surface area contributed by atoms with Crippen LogP contribution in [0.15, 0.2) is 29.3 Å². The zero-order valence-corrected chi connectivity index (χ0v) is 15.3. The molecule has 0 unspecified atom stereocenters. The summed E-state index contributed by atoms with van der Waals surface area (Å²) in [7, 11) is 5.11. The van der Waals surface area contributed by atoms with Gasteiger partial charge < -0.3 is 20.3 Å². The number of ether oxygens (including phenoxy) is 1. The number of carbonyl (C=O) groups is 1. The van der Waals surface area contributed by atoms with Crippen LogP contribution < -0.4 is 15.4 Å². The topological polar surface area (TPSA) is 66.0 Å². The quantitative estimate of drug-likeness (QED) is 0.580. The lowest BCUT2D eigenvalue weighted by atomic mass is 9.92. The van der Waals surface area contributed by atoms with Gasteiger partial charge in [0.25, 0.3) is 0 Å². The average Bonchev–Trinajstić information content (AvgIpc) is 2.55. The van der Waals surface area contributed by atoms with Crippen molar-refractivity contribution in [3.05, 3.63) is 29.8 Å². The van der Waals surface area contributed by atoms with Crippen molar-refractivity contribution in [2.24, 2.45) is 10.4 Å². The second-order valence-electron chi connectivity index (χ2n) is 6.24. The van der Waals surface area contributed by atoms with Gasteiger partial charge in [-0.25, -0.2) is 0 Å². The van der Waals surface area contributed by atoms with Crippen LogP contribution in [0, 0.1) is 5.41 Å². The number of amides is 1. The minimum atomic E-state index is -2.83. The molecule has 0 atom stereocenters. The summed E-state index contributed by atoms with van der Waals surface area (Å²) >= 11 is 0. The average molecular weight is 356 g/mol. The highest BCUT2D eigenvalue weighted by atomic mass is 19.3. The fourth-order valence-corrected chi connectivity index (χ4v) is 2.23. The zero-order valence-electron chi connectivity index (χ0n) is 15.3. The van der Waals surface area contributed by atoms with Crippen molar-refractivity contribution < 1.29 is 18.3 Å². The van der Waals surface area contributed by atoms with Crippen molar-refractivity contribution in [2.45, 2.75) is 27.0 Å². The molecule has 0 radical (unpaired) electrons. The lowest BCUT2D eigenvalue weighted by Gasteiger charge is -2.27. The molecule has 2 N–H and O–H groups in total. The molecule has 0 saturated heterocycles. The molecule has 0 bridgehead atoms. The van der Waals surface area contributed by atoms with Crippen molar-refractivity contribution in [2.75, 3.05) is 27.7 Å². The third kappa shape index (κ3) is 6.56. The van der Waals surface area contributed by atoms with E-state index in [-0.39, 0.29) is 11.7 Å². The van der Waals surface area contributed by atoms with Crippen LogP contribution in [0.1, 0.15) is 19.4 Å². The highest BCUT2D eigenvalue weighted by Crippen LogP contribution is 2.16. The molecule has 0 aliphatic heterocycles. The van der Waals surface area contributed by atoms with Crippen molar-refractivity contribution >= 4 is 11.9 Å². The normalized spacial score (nSPS) is 12.1. The number of alkyl halides is 2. The van der Waals surface area contributed by atoms with Crippen molar-refractivity contribution in [3.8, 4) is 5.75 Å². The summed E-state index contributed by atoms with van der Waals surface area (Å²) in [6.45, 7) is 1.79. The SMILES string of the molecule is CN=C(NCC(C)(C)C(=O)NC)N(C)Cc1ccc(OC(F)F)cc1. The summed E-state index contributed by atoms with van der Waals surface area (Å²) < 4.78 is 28.7. The van der Waals surface area contributed by atoms with Crippen LogP contribution in [0.4, 0.5) is 8.78 Å². The molecule has 140 valence electrons. The van der Waals surface area contributed by atoms with Crippen LogP contribution in [-0.2, 0) is 11.3 Å². The Morgan fingerprint density at radius 2 is 1.92 bits per heavy atom. The molecule has 6 nitrogen and oxygen atoms in total. The number of carbonyl (C=O) groups excluding carboxylic acids is 1. The Labute approximate surface area is 147 Å². The Morgan fingerprint density at radius 1 is 1.32 bits per heavy atom. The Morgan fingerprint density at radius 3 is 2.40 bits per heavy atom. The molecule has 0 aromatic heterocycles. The molecule has 1 amide bonds. The number of rotatable bonds is 7. The molecular formula is C17H26F2N4O2. The summed E-state index contributed by atoms with van der Waals surface area (Å²) in [6, 6.07) is 6.44. The molecule has 1 rings (SSSR count). The fraction of sp³-hybridized carbons (Fsp3) is 0.529. The lowest BCUT2D eigenvalue weighted by Crippen LogP contribution is -2.47. The predicted molar refractivity (Wildman–Crippen MR) is 93.8 cm³/mol. The second kappa shape index (κ2) is 9.19. The van der Waals surface area contributed by atoms with Gasteiger partial charge in [-0.2, -0.15) is 8.78 Å². The van der Waals surface area contributed by atoms with Crippen LogP contribution >= 0.6 is 0 Å². The molecule has 0 fully saturated rings. The smallest absolute Gasteiger partial charge is 0.387 e. The monoisotopic (exact) mass is 356 g/mol. The summed E-state index contributed by atoms with van der Waals surface area (Å²) in [5.74, 6) is 0.689. The number of guanidine groups is 1. The number of nitrogens with zero attached hydrogens (tertiary/aromatic N) is 2.